The molecule has 1 fully saturated rings. The largest absolute Gasteiger partial charge is 0.391 e. The number of aliphatic hydroxyl groups excluding tert-OH is 1. The molecule has 8 nitrogen and oxygen atoms in total. The number of imidazole rings is 1. The highest BCUT2D eigenvalue weighted by atomic mass is 16.3. The molecule has 4 heterocycles. The summed E-state index contributed by atoms with van der Waals surface area (Å²) in [5.74, 6) is 0.542. The highest BCUT2D eigenvalue weighted by Gasteiger charge is 2.29. The lowest BCUT2D eigenvalue weighted by Crippen LogP contribution is -2.41. The maximum absolute atomic E-state index is 13.0. The smallest absolute Gasteiger partial charge is 0.261 e. The molecule has 210 valence electrons. The monoisotopic (exact) mass is 540 g/mol. The van der Waals surface area contributed by atoms with Crippen LogP contribution in [0.3, 0.4) is 0 Å². The zero-order chi connectivity index (χ0) is 27.8. The molecule has 1 saturated heterocycles. The van der Waals surface area contributed by atoms with Crippen LogP contribution in [0.1, 0.15) is 47.1 Å². The molecule has 0 aliphatic carbocycles. The van der Waals surface area contributed by atoms with Gasteiger partial charge in [0.15, 0.2) is 0 Å². The Morgan fingerprint density at radius 2 is 1.88 bits per heavy atom. The Bertz CT molecular complexity index is 1520. The second-order valence-corrected chi connectivity index (χ2v) is 11.8. The van der Waals surface area contributed by atoms with Gasteiger partial charge in [-0.05, 0) is 100 Å². The first-order valence-corrected chi connectivity index (χ1v) is 14.5. The molecule has 4 aromatic rings. The van der Waals surface area contributed by atoms with E-state index in [0.29, 0.717) is 36.1 Å². The summed E-state index contributed by atoms with van der Waals surface area (Å²) in [6, 6.07) is 13.3. The van der Waals surface area contributed by atoms with Crippen molar-refractivity contribution in [1.82, 2.24) is 24.8 Å². The summed E-state index contributed by atoms with van der Waals surface area (Å²) in [6.45, 7) is 8.80. The lowest BCUT2D eigenvalue weighted by Gasteiger charge is -2.34. The predicted octanol–water partition coefficient (Wildman–Crippen LogP) is 4.35. The fraction of sp³-hybridized carbons (Fsp3) is 0.438. The SMILES string of the molecule is Cc1ccc(CCC(O)CNc2cc[nH]c(=O)c2-c2nc3cc4c(cc3[nH]2)CN(C2CCN(C)CC2)C4)c(C)c1. The van der Waals surface area contributed by atoms with Gasteiger partial charge in [0.25, 0.3) is 5.56 Å². The van der Waals surface area contributed by atoms with E-state index in [1.165, 1.54) is 40.7 Å². The molecule has 1 atom stereocenters. The molecule has 8 heteroatoms. The fourth-order valence-corrected chi connectivity index (χ4v) is 6.31. The molecule has 2 aromatic carbocycles. The van der Waals surface area contributed by atoms with Gasteiger partial charge in [0, 0.05) is 31.9 Å². The van der Waals surface area contributed by atoms with E-state index in [2.05, 4.69) is 76.3 Å². The standard InChI is InChI=1S/C32H40N6O2/c1-20-4-5-22(21(2)14-20)6-7-26(39)17-34-27-8-11-33-32(40)30(27)31-35-28-15-23-18-38(19-24(23)16-29(28)36-31)25-9-12-37(3)13-10-25/h4-5,8,11,14-16,25-26,39H,6-7,9-10,12-13,17-19H2,1-3H3,(H,35,36)(H2,33,34,40). The van der Waals surface area contributed by atoms with Crippen LogP contribution < -0.4 is 10.9 Å². The highest BCUT2D eigenvalue weighted by Crippen LogP contribution is 2.32. The van der Waals surface area contributed by atoms with Crippen LogP contribution in [0.5, 0.6) is 0 Å². The molecule has 4 N–H and O–H groups in total. The van der Waals surface area contributed by atoms with Gasteiger partial charge >= 0.3 is 0 Å². The first kappa shape index (κ1) is 26.7. The second kappa shape index (κ2) is 11.2. The Balaban J connectivity index is 1.15. The van der Waals surface area contributed by atoms with Crippen LogP contribution in [0.25, 0.3) is 22.4 Å². The van der Waals surface area contributed by atoms with Crippen LogP contribution in [-0.2, 0) is 19.5 Å². The number of piperidine rings is 1. The quantitative estimate of drug-likeness (QED) is 0.265. The van der Waals surface area contributed by atoms with Gasteiger partial charge in [-0.3, -0.25) is 9.69 Å². The summed E-state index contributed by atoms with van der Waals surface area (Å²) < 4.78 is 0. The van der Waals surface area contributed by atoms with Gasteiger partial charge < -0.3 is 25.3 Å². The van der Waals surface area contributed by atoms with E-state index in [9.17, 15) is 9.90 Å². The van der Waals surface area contributed by atoms with E-state index in [0.717, 1.165) is 43.6 Å². The maximum Gasteiger partial charge on any atom is 0.261 e. The van der Waals surface area contributed by atoms with Gasteiger partial charge in [0.1, 0.15) is 11.4 Å². The number of pyridine rings is 1. The van der Waals surface area contributed by atoms with Gasteiger partial charge in [0.05, 0.1) is 22.8 Å². The van der Waals surface area contributed by atoms with E-state index >= 15 is 0 Å². The summed E-state index contributed by atoms with van der Waals surface area (Å²) in [6.07, 6.45) is 4.97. The Morgan fingerprint density at radius 3 is 2.65 bits per heavy atom. The van der Waals surface area contributed by atoms with E-state index in [-0.39, 0.29) is 5.56 Å². The van der Waals surface area contributed by atoms with E-state index in [1.807, 2.05) is 6.07 Å². The lowest BCUT2D eigenvalue weighted by atomic mass is 10.00. The Morgan fingerprint density at radius 1 is 1.10 bits per heavy atom. The third-order valence-corrected chi connectivity index (χ3v) is 8.73. The number of hydrogen-bond donors (Lipinski definition) is 4. The Labute approximate surface area is 235 Å². The molecule has 2 aromatic heterocycles. The van der Waals surface area contributed by atoms with Gasteiger partial charge in [-0.2, -0.15) is 0 Å². The summed E-state index contributed by atoms with van der Waals surface area (Å²) >= 11 is 0. The van der Waals surface area contributed by atoms with Crippen molar-refractivity contribution in [3.8, 4) is 11.4 Å². The number of hydrogen-bond acceptors (Lipinski definition) is 6. The van der Waals surface area contributed by atoms with Crippen molar-refractivity contribution in [3.05, 3.63) is 80.8 Å². The van der Waals surface area contributed by atoms with Crippen LogP contribution in [0.2, 0.25) is 0 Å². The number of H-pyrrole nitrogens is 2. The van der Waals surface area contributed by atoms with Crippen LogP contribution >= 0.6 is 0 Å². The number of nitrogens with zero attached hydrogens (tertiary/aromatic N) is 3. The number of fused-ring (bicyclic) bond motifs is 2. The van der Waals surface area contributed by atoms with Crippen molar-refractivity contribution in [1.29, 1.82) is 0 Å². The molecular weight excluding hydrogens is 500 g/mol. The van der Waals surface area contributed by atoms with Crippen molar-refractivity contribution in [3.63, 3.8) is 0 Å². The number of benzene rings is 2. The van der Waals surface area contributed by atoms with Crippen molar-refractivity contribution in [2.75, 3.05) is 32.0 Å². The van der Waals surface area contributed by atoms with Gasteiger partial charge in [-0.15, -0.1) is 0 Å². The van der Waals surface area contributed by atoms with Crippen molar-refractivity contribution in [2.24, 2.45) is 0 Å². The number of likely N-dealkylation sites (tertiary alicyclic amines) is 1. The highest BCUT2D eigenvalue weighted by molar-refractivity contribution is 5.84. The third kappa shape index (κ3) is 5.57. The lowest BCUT2D eigenvalue weighted by molar-refractivity contribution is 0.120. The zero-order valence-electron chi connectivity index (χ0n) is 23.8. The van der Waals surface area contributed by atoms with Crippen LogP contribution in [0, 0.1) is 13.8 Å². The number of anilines is 1. The molecular formula is C32H40N6O2. The number of aromatic amines is 2. The van der Waals surface area contributed by atoms with Gasteiger partial charge in [0.2, 0.25) is 0 Å². The van der Waals surface area contributed by atoms with Gasteiger partial charge in [-0.25, -0.2) is 4.98 Å². The molecule has 0 spiro atoms. The number of nitrogens with one attached hydrogen (secondary N) is 3. The fourth-order valence-electron chi connectivity index (χ4n) is 6.31. The molecule has 2 aliphatic rings. The normalized spacial score (nSPS) is 17.4. The minimum absolute atomic E-state index is 0.213. The van der Waals surface area contributed by atoms with Crippen LogP contribution in [-0.4, -0.2) is 68.7 Å². The predicted molar refractivity (Wildman–Crippen MR) is 161 cm³/mol. The van der Waals surface area contributed by atoms with Crippen molar-refractivity contribution in [2.45, 2.75) is 64.8 Å². The Kier molecular flexibility index (Phi) is 7.49. The number of rotatable bonds is 8. The Hall–Kier alpha value is -3.46. The summed E-state index contributed by atoms with van der Waals surface area (Å²) in [4.78, 5) is 29.0. The summed E-state index contributed by atoms with van der Waals surface area (Å²) in [5, 5.41) is 14.0. The summed E-state index contributed by atoms with van der Waals surface area (Å²) in [5.41, 5.74) is 9.16. The van der Waals surface area contributed by atoms with Crippen LogP contribution in [0.4, 0.5) is 5.69 Å². The molecule has 2 aliphatic heterocycles. The number of aryl methyl sites for hydroxylation is 3. The minimum atomic E-state index is -0.543. The minimum Gasteiger partial charge on any atom is -0.391 e. The van der Waals surface area contributed by atoms with E-state index < -0.39 is 6.10 Å². The van der Waals surface area contributed by atoms with Crippen molar-refractivity contribution >= 4 is 16.7 Å². The van der Waals surface area contributed by atoms with Gasteiger partial charge in [-0.1, -0.05) is 23.8 Å². The van der Waals surface area contributed by atoms with E-state index in [1.54, 1.807) is 6.20 Å². The molecule has 0 bridgehead atoms. The molecule has 40 heavy (non-hydrogen) atoms. The average Bonchev–Trinajstić information content (AvgIpc) is 3.53. The van der Waals surface area contributed by atoms with Crippen molar-refractivity contribution < 1.29 is 5.11 Å². The molecule has 0 saturated carbocycles. The summed E-state index contributed by atoms with van der Waals surface area (Å²) in [7, 11) is 2.20. The number of aromatic nitrogens is 3. The maximum atomic E-state index is 13.0. The molecule has 0 amide bonds. The van der Waals surface area contributed by atoms with E-state index in [4.69, 9.17) is 4.98 Å². The first-order valence-electron chi connectivity index (χ1n) is 14.5. The second-order valence-electron chi connectivity index (χ2n) is 11.8. The molecule has 1 unspecified atom stereocenters. The third-order valence-electron chi connectivity index (χ3n) is 8.73. The zero-order valence-corrected chi connectivity index (χ0v) is 23.8. The number of aliphatic hydroxyl groups is 1. The average molecular weight is 541 g/mol. The molecule has 0 radical (unpaired) electrons. The van der Waals surface area contributed by atoms with Crippen LogP contribution in [0.15, 0.2) is 47.4 Å². The first-order chi connectivity index (χ1) is 19.3. The molecule has 6 rings (SSSR count). The topological polar surface area (TPSA) is 100 Å².